The lowest BCUT2D eigenvalue weighted by Gasteiger charge is -2.32. The largest absolute Gasteiger partial charge is 0.497 e. The van der Waals surface area contributed by atoms with E-state index in [1.165, 1.54) is 6.07 Å². The SMILES string of the molecule is COc1cccc(OC[C@@H]2CCCN(C(=O)c3ccn(C(F)F)n3)C2)c1. The zero-order valence-corrected chi connectivity index (χ0v) is 14.5. The maximum atomic E-state index is 12.6. The van der Waals surface area contributed by atoms with E-state index >= 15 is 0 Å². The molecule has 26 heavy (non-hydrogen) atoms. The Balaban J connectivity index is 1.57. The van der Waals surface area contributed by atoms with Crippen molar-refractivity contribution in [2.45, 2.75) is 19.4 Å². The van der Waals surface area contributed by atoms with Gasteiger partial charge in [0.15, 0.2) is 5.69 Å². The number of hydrogen-bond donors (Lipinski definition) is 0. The average Bonchev–Trinajstić information content (AvgIpc) is 3.17. The molecule has 1 aromatic heterocycles. The highest BCUT2D eigenvalue weighted by Gasteiger charge is 2.26. The number of likely N-dealkylation sites (tertiary alicyclic amines) is 1. The molecule has 0 radical (unpaired) electrons. The number of carbonyl (C=O) groups is 1. The lowest BCUT2D eigenvalue weighted by atomic mass is 9.98. The van der Waals surface area contributed by atoms with Gasteiger partial charge < -0.3 is 14.4 Å². The van der Waals surface area contributed by atoms with E-state index in [1.54, 1.807) is 12.0 Å². The minimum Gasteiger partial charge on any atom is -0.497 e. The predicted octanol–water partition coefficient (Wildman–Crippen LogP) is 3.22. The third-order valence-electron chi connectivity index (χ3n) is 4.36. The number of alkyl halides is 2. The Morgan fingerprint density at radius 1 is 1.35 bits per heavy atom. The summed E-state index contributed by atoms with van der Waals surface area (Å²) in [5.74, 6) is 1.28. The zero-order chi connectivity index (χ0) is 18.5. The van der Waals surface area contributed by atoms with Gasteiger partial charge in [-0.15, -0.1) is 0 Å². The first kappa shape index (κ1) is 18.2. The molecule has 0 aliphatic carbocycles. The molecule has 2 aromatic rings. The van der Waals surface area contributed by atoms with Crippen molar-refractivity contribution in [2.24, 2.45) is 5.92 Å². The summed E-state index contributed by atoms with van der Waals surface area (Å²) in [5.41, 5.74) is 0.0414. The highest BCUT2D eigenvalue weighted by Crippen LogP contribution is 2.23. The fourth-order valence-electron chi connectivity index (χ4n) is 3.01. The van der Waals surface area contributed by atoms with E-state index in [-0.39, 0.29) is 17.5 Å². The summed E-state index contributed by atoms with van der Waals surface area (Å²) >= 11 is 0. The van der Waals surface area contributed by atoms with Crippen LogP contribution in [-0.2, 0) is 0 Å². The number of halogens is 2. The molecule has 0 saturated carbocycles. The van der Waals surface area contributed by atoms with Crippen molar-refractivity contribution in [2.75, 3.05) is 26.8 Å². The number of amides is 1. The molecule has 6 nitrogen and oxygen atoms in total. The summed E-state index contributed by atoms with van der Waals surface area (Å²) in [4.78, 5) is 14.1. The van der Waals surface area contributed by atoms with Crippen molar-refractivity contribution in [3.8, 4) is 11.5 Å². The molecule has 140 valence electrons. The van der Waals surface area contributed by atoms with E-state index in [9.17, 15) is 13.6 Å². The molecule has 0 spiro atoms. The van der Waals surface area contributed by atoms with Gasteiger partial charge in [0.1, 0.15) is 11.5 Å². The fraction of sp³-hybridized carbons (Fsp3) is 0.444. The van der Waals surface area contributed by atoms with Crippen LogP contribution < -0.4 is 9.47 Å². The van der Waals surface area contributed by atoms with Crippen LogP contribution >= 0.6 is 0 Å². The van der Waals surface area contributed by atoms with Crippen molar-refractivity contribution in [3.05, 3.63) is 42.2 Å². The van der Waals surface area contributed by atoms with Crippen LogP contribution in [0.2, 0.25) is 0 Å². The zero-order valence-electron chi connectivity index (χ0n) is 14.5. The van der Waals surface area contributed by atoms with Gasteiger partial charge in [0.05, 0.1) is 13.7 Å². The van der Waals surface area contributed by atoms with Crippen LogP contribution in [-0.4, -0.2) is 47.4 Å². The third-order valence-corrected chi connectivity index (χ3v) is 4.36. The molecule has 1 aliphatic rings. The van der Waals surface area contributed by atoms with Gasteiger partial charge in [-0.25, -0.2) is 4.68 Å². The Bertz CT molecular complexity index is 751. The monoisotopic (exact) mass is 365 g/mol. The van der Waals surface area contributed by atoms with Crippen molar-refractivity contribution in [1.29, 1.82) is 0 Å². The predicted molar refractivity (Wildman–Crippen MR) is 90.6 cm³/mol. The van der Waals surface area contributed by atoms with Crippen LogP contribution in [0.25, 0.3) is 0 Å². The summed E-state index contributed by atoms with van der Waals surface area (Å²) in [6.07, 6.45) is 2.90. The van der Waals surface area contributed by atoms with Gasteiger partial charge in [0.25, 0.3) is 5.91 Å². The minimum absolute atomic E-state index is 0.0414. The number of aromatic nitrogens is 2. The second-order valence-electron chi connectivity index (χ2n) is 6.21. The van der Waals surface area contributed by atoms with Crippen molar-refractivity contribution >= 4 is 5.91 Å². The number of benzene rings is 1. The summed E-state index contributed by atoms with van der Waals surface area (Å²) in [5, 5.41) is 3.65. The van der Waals surface area contributed by atoms with Crippen LogP contribution in [0.15, 0.2) is 36.5 Å². The van der Waals surface area contributed by atoms with E-state index in [0.29, 0.717) is 30.1 Å². The van der Waals surface area contributed by atoms with Gasteiger partial charge in [-0.1, -0.05) is 6.07 Å². The maximum absolute atomic E-state index is 12.6. The van der Waals surface area contributed by atoms with Crippen LogP contribution in [0.3, 0.4) is 0 Å². The van der Waals surface area contributed by atoms with Gasteiger partial charge in [-0.2, -0.15) is 13.9 Å². The van der Waals surface area contributed by atoms with Gasteiger partial charge in [-0.05, 0) is 31.0 Å². The molecule has 1 amide bonds. The summed E-state index contributed by atoms with van der Waals surface area (Å²) < 4.78 is 36.7. The quantitative estimate of drug-likeness (QED) is 0.789. The topological polar surface area (TPSA) is 56.6 Å². The Morgan fingerprint density at radius 2 is 2.15 bits per heavy atom. The van der Waals surface area contributed by atoms with Gasteiger partial charge in [-0.3, -0.25) is 4.79 Å². The number of ether oxygens (including phenoxy) is 2. The average molecular weight is 365 g/mol. The van der Waals surface area contributed by atoms with E-state index in [0.717, 1.165) is 24.8 Å². The van der Waals surface area contributed by atoms with E-state index in [4.69, 9.17) is 9.47 Å². The lowest BCUT2D eigenvalue weighted by Crippen LogP contribution is -2.41. The third kappa shape index (κ3) is 4.30. The second-order valence-corrected chi connectivity index (χ2v) is 6.21. The van der Waals surface area contributed by atoms with Crippen LogP contribution in [0.4, 0.5) is 8.78 Å². The number of carbonyl (C=O) groups excluding carboxylic acids is 1. The van der Waals surface area contributed by atoms with Gasteiger partial charge in [0.2, 0.25) is 0 Å². The second kappa shape index (κ2) is 8.16. The van der Waals surface area contributed by atoms with Crippen molar-refractivity contribution in [3.63, 3.8) is 0 Å². The van der Waals surface area contributed by atoms with E-state index in [1.807, 2.05) is 24.3 Å². The Morgan fingerprint density at radius 3 is 2.88 bits per heavy atom. The Kier molecular flexibility index (Phi) is 5.70. The highest BCUT2D eigenvalue weighted by molar-refractivity contribution is 5.92. The molecule has 3 rings (SSSR count). The molecule has 1 saturated heterocycles. The molecule has 1 aliphatic heterocycles. The molecule has 1 fully saturated rings. The van der Waals surface area contributed by atoms with Crippen LogP contribution in [0, 0.1) is 5.92 Å². The number of rotatable bonds is 6. The lowest BCUT2D eigenvalue weighted by molar-refractivity contribution is 0.0535. The number of nitrogens with zero attached hydrogens (tertiary/aromatic N) is 3. The van der Waals surface area contributed by atoms with E-state index < -0.39 is 6.55 Å². The summed E-state index contributed by atoms with van der Waals surface area (Å²) in [6.45, 7) is -1.16. The number of piperidine rings is 1. The molecule has 2 heterocycles. The molecule has 8 heteroatoms. The fourth-order valence-corrected chi connectivity index (χ4v) is 3.01. The smallest absolute Gasteiger partial charge is 0.333 e. The molecular formula is C18H21F2N3O3. The molecule has 1 aromatic carbocycles. The normalized spacial score (nSPS) is 17.4. The van der Waals surface area contributed by atoms with Gasteiger partial charge >= 0.3 is 6.55 Å². The molecule has 0 unspecified atom stereocenters. The number of hydrogen-bond acceptors (Lipinski definition) is 4. The maximum Gasteiger partial charge on any atom is 0.333 e. The molecular weight excluding hydrogens is 344 g/mol. The van der Waals surface area contributed by atoms with Crippen molar-refractivity contribution in [1.82, 2.24) is 14.7 Å². The molecule has 0 N–H and O–H groups in total. The van der Waals surface area contributed by atoms with E-state index in [2.05, 4.69) is 5.10 Å². The minimum atomic E-state index is -2.75. The molecule has 1 atom stereocenters. The summed E-state index contributed by atoms with van der Waals surface area (Å²) in [7, 11) is 1.60. The van der Waals surface area contributed by atoms with Crippen LogP contribution in [0.1, 0.15) is 29.9 Å². The Labute approximate surface area is 150 Å². The first-order chi connectivity index (χ1) is 12.6. The van der Waals surface area contributed by atoms with Gasteiger partial charge in [0, 0.05) is 31.3 Å². The molecule has 0 bridgehead atoms. The van der Waals surface area contributed by atoms with Crippen molar-refractivity contribution < 1.29 is 23.0 Å². The first-order valence-corrected chi connectivity index (χ1v) is 8.46. The highest BCUT2D eigenvalue weighted by atomic mass is 19.3. The summed E-state index contributed by atoms with van der Waals surface area (Å²) in [6, 6.07) is 8.68. The van der Waals surface area contributed by atoms with Crippen LogP contribution in [0.5, 0.6) is 11.5 Å². The standard InChI is InChI=1S/C18H21F2N3O3/c1-25-14-5-2-6-15(10-14)26-12-13-4-3-8-22(11-13)17(24)16-7-9-23(21-16)18(19)20/h2,5-7,9-10,13,18H,3-4,8,11-12H2,1H3/t13-/m1/s1. The number of methoxy groups -OCH3 is 1. The Hall–Kier alpha value is -2.64. The first-order valence-electron chi connectivity index (χ1n) is 8.46.